The van der Waals surface area contributed by atoms with Gasteiger partial charge >= 0.3 is 0 Å². The van der Waals surface area contributed by atoms with Crippen LogP contribution in [0.3, 0.4) is 0 Å². The molecule has 4 aromatic rings. The molecule has 0 atom stereocenters. The number of benzene rings is 4. The standard InChI is InChI=1S/C29H22F2O2/c1-19-3-5-20(6-4-19)7-16-27(32)29-26(22-10-14-25(31)15-11-22)17-23(18-28(29)33-2)21-8-12-24(30)13-9-21/h3-18H,1-2H3/b16-7+. The van der Waals surface area contributed by atoms with Crippen molar-refractivity contribution >= 4 is 11.9 Å². The summed E-state index contributed by atoms with van der Waals surface area (Å²) in [4.78, 5) is 13.3. The molecule has 0 aliphatic carbocycles. The van der Waals surface area contributed by atoms with Gasteiger partial charge in [-0.25, -0.2) is 8.78 Å². The summed E-state index contributed by atoms with van der Waals surface area (Å²) in [5.41, 5.74) is 5.21. The van der Waals surface area contributed by atoms with Crippen LogP contribution in [0, 0.1) is 18.6 Å². The summed E-state index contributed by atoms with van der Waals surface area (Å²) in [7, 11) is 1.50. The lowest BCUT2D eigenvalue weighted by atomic mass is 9.91. The van der Waals surface area contributed by atoms with Crippen LogP contribution in [-0.4, -0.2) is 12.9 Å². The number of carbonyl (C=O) groups excluding carboxylic acids is 1. The van der Waals surface area contributed by atoms with Gasteiger partial charge in [-0.1, -0.05) is 60.2 Å². The zero-order valence-corrected chi connectivity index (χ0v) is 18.3. The van der Waals surface area contributed by atoms with Gasteiger partial charge in [0.2, 0.25) is 0 Å². The van der Waals surface area contributed by atoms with Gasteiger partial charge in [0.05, 0.1) is 12.7 Å². The van der Waals surface area contributed by atoms with Crippen molar-refractivity contribution in [3.8, 4) is 28.0 Å². The third-order valence-electron chi connectivity index (χ3n) is 5.41. The highest BCUT2D eigenvalue weighted by atomic mass is 19.1. The molecule has 0 saturated heterocycles. The summed E-state index contributed by atoms with van der Waals surface area (Å²) in [6.07, 6.45) is 3.26. The second-order valence-corrected chi connectivity index (χ2v) is 7.72. The first-order valence-corrected chi connectivity index (χ1v) is 10.5. The van der Waals surface area contributed by atoms with Crippen molar-refractivity contribution in [1.29, 1.82) is 0 Å². The van der Waals surface area contributed by atoms with Crippen LogP contribution >= 0.6 is 0 Å². The Hall–Kier alpha value is -4.05. The van der Waals surface area contributed by atoms with Crippen molar-refractivity contribution in [1.82, 2.24) is 0 Å². The molecule has 164 valence electrons. The molecule has 0 aliphatic heterocycles. The summed E-state index contributed by atoms with van der Waals surface area (Å²) >= 11 is 0. The number of ketones is 1. The molecule has 4 heteroatoms. The highest BCUT2D eigenvalue weighted by Crippen LogP contribution is 2.37. The molecule has 0 radical (unpaired) electrons. The van der Waals surface area contributed by atoms with E-state index >= 15 is 0 Å². The van der Waals surface area contributed by atoms with Crippen LogP contribution in [0.2, 0.25) is 0 Å². The molecule has 0 amide bonds. The Balaban J connectivity index is 1.85. The third-order valence-corrected chi connectivity index (χ3v) is 5.41. The van der Waals surface area contributed by atoms with E-state index < -0.39 is 0 Å². The number of halogens is 2. The highest BCUT2D eigenvalue weighted by Gasteiger charge is 2.19. The molecule has 4 rings (SSSR count). The monoisotopic (exact) mass is 440 g/mol. The SMILES string of the molecule is COc1cc(-c2ccc(F)cc2)cc(-c2ccc(F)cc2)c1C(=O)/C=C/c1ccc(C)cc1. The van der Waals surface area contributed by atoms with Crippen LogP contribution in [0.1, 0.15) is 21.5 Å². The molecule has 0 saturated carbocycles. The van der Waals surface area contributed by atoms with E-state index in [0.29, 0.717) is 22.4 Å². The predicted octanol–water partition coefficient (Wildman–Crippen LogP) is 7.51. The quantitative estimate of drug-likeness (QED) is 0.229. The van der Waals surface area contributed by atoms with E-state index in [1.165, 1.54) is 37.5 Å². The molecule has 0 heterocycles. The Morgan fingerprint density at radius 2 is 1.33 bits per heavy atom. The van der Waals surface area contributed by atoms with Crippen LogP contribution in [-0.2, 0) is 0 Å². The van der Waals surface area contributed by atoms with E-state index in [1.54, 1.807) is 36.4 Å². The molecule has 2 nitrogen and oxygen atoms in total. The average Bonchev–Trinajstić information content (AvgIpc) is 2.83. The molecule has 4 aromatic carbocycles. The molecular weight excluding hydrogens is 418 g/mol. The van der Waals surface area contributed by atoms with Crippen molar-refractivity contribution in [3.05, 3.63) is 119 Å². The first kappa shape index (κ1) is 22.2. The maximum absolute atomic E-state index is 13.6. The van der Waals surface area contributed by atoms with E-state index in [9.17, 15) is 13.6 Å². The van der Waals surface area contributed by atoms with Gasteiger partial charge in [0.25, 0.3) is 0 Å². The summed E-state index contributed by atoms with van der Waals surface area (Å²) in [5, 5.41) is 0. The fraction of sp³-hybridized carbons (Fsp3) is 0.0690. The minimum Gasteiger partial charge on any atom is -0.496 e. The van der Waals surface area contributed by atoms with Crippen LogP contribution in [0.5, 0.6) is 5.75 Å². The number of methoxy groups -OCH3 is 1. The maximum Gasteiger partial charge on any atom is 0.190 e. The largest absolute Gasteiger partial charge is 0.496 e. The molecule has 0 spiro atoms. The van der Waals surface area contributed by atoms with Gasteiger partial charge < -0.3 is 4.74 Å². The first-order chi connectivity index (χ1) is 15.9. The lowest BCUT2D eigenvalue weighted by Gasteiger charge is -2.15. The lowest BCUT2D eigenvalue weighted by Crippen LogP contribution is -2.03. The van der Waals surface area contributed by atoms with Gasteiger partial charge in [0.1, 0.15) is 17.4 Å². The average molecular weight is 440 g/mol. The van der Waals surface area contributed by atoms with Gasteiger partial charge in [-0.15, -0.1) is 0 Å². The number of aryl methyl sites for hydroxylation is 1. The van der Waals surface area contributed by atoms with Crippen molar-refractivity contribution in [2.24, 2.45) is 0 Å². The van der Waals surface area contributed by atoms with Gasteiger partial charge in [0.15, 0.2) is 5.78 Å². The number of hydrogen-bond acceptors (Lipinski definition) is 2. The van der Waals surface area contributed by atoms with E-state index in [4.69, 9.17) is 4.74 Å². The summed E-state index contributed by atoms with van der Waals surface area (Å²) in [6.45, 7) is 2.00. The van der Waals surface area contributed by atoms with E-state index in [0.717, 1.165) is 22.3 Å². The fourth-order valence-electron chi connectivity index (χ4n) is 3.63. The van der Waals surface area contributed by atoms with Gasteiger partial charge in [-0.3, -0.25) is 4.79 Å². The minimum atomic E-state index is -0.368. The second kappa shape index (κ2) is 9.61. The van der Waals surface area contributed by atoms with E-state index in [1.807, 2.05) is 37.3 Å². The van der Waals surface area contributed by atoms with Crippen molar-refractivity contribution in [3.63, 3.8) is 0 Å². The molecule has 0 bridgehead atoms. The van der Waals surface area contributed by atoms with E-state index in [2.05, 4.69) is 0 Å². The number of allylic oxidation sites excluding steroid dienone is 1. The molecule has 0 fully saturated rings. The summed E-state index contributed by atoms with van der Waals surface area (Å²) in [6, 6.07) is 23.5. The highest BCUT2D eigenvalue weighted by molar-refractivity contribution is 6.13. The Labute approximate surface area is 191 Å². The van der Waals surface area contributed by atoms with Crippen molar-refractivity contribution in [2.45, 2.75) is 6.92 Å². The van der Waals surface area contributed by atoms with Gasteiger partial charge in [-0.05, 0) is 77.2 Å². The molecule has 0 aliphatic rings. The Kier molecular flexibility index (Phi) is 6.45. The van der Waals surface area contributed by atoms with Crippen LogP contribution in [0.25, 0.3) is 28.3 Å². The van der Waals surface area contributed by atoms with Crippen LogP contribution in [0.15, 0.2) is 91.0 Å². The molecule has 33 heavy (non-hydrogen) atoms. The normalized spacial score (nSPS) is 11.0. The molecular formula is C29H22F2O2. The number of carbonyl (C=O) groups is 1. The molecule has 0 N–H and O–H groups in total. The zero-order chi connectivity index (χ0) is 23.4. The lowest BCUT2D eigenvalue weighted by molar-refractivity contribution is 0.104. The van der Waals surface area contributed by atoms with E-state index in [-0.39, 0.29) is 17.4 Å². The third kappa shape index (κ3) is 5.07. The second-order valence-electron chi connectivity index (χ2n) is 7.72. The topological polar surface area (TPSA) is 26.3 Å². The van der Waals surface area contributed by atoms with Crippen LogP contribution in [0.4, 0.5) is 8.78 Å². The number of ether oxygens (including phenoxy) is 1. The summed E-state index contributed by atoms with van der Waals surface area (Å²) in [5.74, 6) is -0.558. The molecule has 0 aromatic heterocycles. The number of hydrogen-bond donors (Lipinski definition) is 0. The number of rotatable bonds is 6. The fourth-order valence-corrected chi connectivity index (χ4v) is 3.63. The summed E-state index contributed by atoms with van der Waals surface area (Å²) < 4.78 is 32.6. The zero-order valence-electron chi connectivity index (χ0n) is 18.3. The molecule has 0 unspecified atom stereocenters. The Bertz CT molecular complexity index is 1300. The Morgan fingerprint density at radius 3 is 1.91 bits per heavy atom. The van der Waals surface area contributed by atoms with Crippen LogP contribution < -0.4 is 4.74 Å². The van der Waals surface area contributed by atoms with Gasteiger partial charge in [-0.2, -0.15) is 0 Å². The minimum absolute atomic E-state index is 0.239. The first-order valence-electron chi connectivity index (χ1n) is 10.5. The smallest absolute Gasteiger partial charge is 0.190 e. The van der Waals surface area contributed by atoms with Gasteiger partial charge in [0, 0.05) is 0 Å². The Morgan fingerprint density at radius 1 is 0.758 bits per heavy atom. The predicted molar refractivity (Wildman–Crippen MR) is 128 cm³/mol. The van der Waals surface area contributed by atoms with Crippen molar-refractivity contribution < 1.29 is 18.3 Å². The maximum atomic E-state index is 13.6. The van der Waals surface area contributed by atoms with Crippen molar-refractivity contribution in [2.75, 3.05) is 7.11 Å².